The molecule has 2 unspecified atom stereocenters. The maximum absolute atomic E-state index is 5.29. The monoisotopic (exact) mass is 275 g/mol. The molecule has 2 heteroatoms. The minimum atomic E-state index is 0.373. The van der Waals surface area contributed by atoms with E-state index < -0.39 is 0 Å². The predicted octanol–water partition coefficient (Wildman–Crippen LogP) is 5.02. The highest BCUT2D eigenvalue weighted by Crippen LogP contribution is 2.39. The van der Waals surface area contributed by atoms with Crippen LogP contribution in [0, 0.1) is 18.3 Å². The Labute approximate surface area is 123 Å². The molecule has 1 aliphatic carbocycles. The number of ether oxygens (including phenoxy) is 1. The lowest BCUT2D eigenvalue weighted by molar-refractivity contribution is 0.163. The highest BCUT2D eigenvalue weighted by Gasteiger charge is 2.34. The summed E-state index contributed by atoms with van der Waals surface area (Å²) in [7, 11) is 1.72. The van der Waals surface area contributed by atoms with E-state index in [1.54, 1.807) is 7.11 Å². The molecule has 0 saturated heterocycles. The summed E-state index contributed by atoms with van der Waals surface area (Å²) in [5.41, 5.74) is 2.90. The van der Waals surface area contributed by atoms with Crippen molar-refractivity contribution in [3.63, 3.8) is 0 Å². The van der Waals surface area contributed by atoms with Crippen LogP contribution in [-0.4, -0.2) is 13.2 Å². The Hall–Kier alpha value is -1.18. The van der Waals surface area contributed by atoms with E-state index in [0.717, 1.165) is 11.7 Å². The molecule has 2 atom stereocenters. The van der Waals surface area contributed by atoms with Crippen molar-refractivity contribution in [3.05, 3.63) is 23.8 Å². The molecule has 1 saturated carbocycles. The second-order valence-corrected chi connectivity index (χ2v) is 7.19. The first kappa shape index (κ1) is 15.2. The summed E-state index contributed by atoms with van der Waals surface area (Å²) in [6.45, 7) is 9.27. The summed E-state index contributed by atoms with van der Waals surface area (Å²) in [5, 5.41) is 3.80. The van der Waals surface area contributed by atoms with Gasteiger partial charge in [-0.2, -0.15) is 0 Å². The number of methoxy groups -OCH3 is 1. The van der Waals surface area contributed by atoms with E-state index >= 15 is 0 Å². The summed E-state index contributed by atoms with van der Waals surface area (Å²) in [4.78, 5) is 0. The predicted molar refractivity (Wildman–Crippen MR) is 86.6 cm³/mol. The number of hydrogen-bond acceptors (Lipinski definition) is 2. The third-order valence-corrected chi connectivity index (χ3v) is 4.65. The quantitative estimate of drug-likeness (QED) is 0.836. The zero-order chi connectivity index (χ0) is 14.8. The van der Waals surface area contributed by atoms with Gasteiger partial charge in [0.2, 0.25) is 0 Å². The van der Waals surface area contributed by atoms with Crippen LogP contribution in [0.3, 0.4) is 0 Å². The van der Waals surface area contributed by atoms with Crippen molar-refractivity contribution in [3.8, 4) is 5.75 Å². The number of aryl methyl sites for hydroxylation is 1. The minimum Gasteiger partial charge on any atom is -0.497 e. The van der Waals surface area contributed by atoms with Gasteiger partial charge in [0, 0.05) is 11.7 Å². The van der Waals surface area contributed by atoms with E-state index in [-0.39, 0.29) is 0 Å². The zero-order valence-corrected chi connectivity index (χ0v) is 13.6. The molecule has 0 amide bonds. The molecule has 1 aliphatic rings. The van der Waals surface area contributed by atoms with Gasteiger partial charge in [0.1, 0.15) is 5.75 Å². The zero-order valence-electron chi connectivity index (χ0n) is 13.6. The van der Waals surface area contributed by atoms with Crippen LogP contribution in [0.25, 0.3) is 0 Å². The average molecular weight is 275 g/mol. The van der Waals surface area contributed by atoms with Crippen LogP contribution in [0.15, 0.2) is 18.2 Å². The van der Waals surface area contributed by atoms with Gasteiger partial charge in [-0.3, -0.25) is 0 Å². The molecular weight excluding hydrogens is 246 g/mol. The molecule has 0 radical (unpaired) electrons. The fourth-order valence-corrected chi connectivity index (χ4v) is 3.47. The Balaban J connectivity index is 2.15. The van der Waals surface area contributed by atoms with Crippen LogP contribution in [0.4, 0.5) is 5.69 Å². The SMILES string of the molecule is COc1ccc(NC2CCCCC2C(C)(C)C)c(C)c1. The molecule has 112 valence electrons. The van der Waals surface area contributed by atoms with Gasteiger partial charge >= 0.3 is 0 Å². The van der Waals surface area contributed by atoms with Gasteiger partial charge in [0.15, 0.2) is 0 Å². The Morgan fingerprint density at radius 2 is 1.85 bits per heavy atom. The van der Waals surface area contributed by atoms with Crippen molar-refractivity contribution in [1.82, 2.24) is 0 Å². The van der Waals surface area contributed by atoms with Crippen LogP contribution in [0.2, 0.25) is 0 Å². The van der Waals surface area contributed by atoms with E-state index in [1.807, 2.05) is 6.07 Å². The number of nitrogens with one attached hydrogen (secondary N) is 1. The first-order valence-electron chi connectivity index (χ1n) is 7.83. The standard InChI is InChI=1S/C18H29NO/c1-13-12-14(20-5)10-11-16(13)19-17-9-7-6-8-15(17)18(2,3)4/h10-12,15,17,19H,6-9H2,1-5H3. The second-order valence-electron chi connectivity index (χ2n) is 7.19. The summed E-state index contributed by atoms with van der Waals surface area (Å²) in [6, 6.07) is 6.90. The lowest BCUT2D eigenvalue weighted by Gasteiger charge is -2.41. The molecule has 0 spiro atoms. The van der Waals surface area contributed by atoms with Gasteiger partial charge < -0.3 is 10.1 Å². The minimum absolute atomic E-state index is 0.373. The van der Waals surface area contributed by atoms with Crippen molar-refractivity contribution in [2.24, 2.45) is 11.3 Å². The Morgan fingerprint density at radius 3 is 2.45 bits per heavy atom. The van der Waals surface area contributed by atoms with E-state index in [1.165, 1.54) is 36.9 Å². The largest absolute Gasteiger partial charge is 0.497 e. The van der Waals surface area contributed by atoms with Gasteiger partial charge in [-0.1, -0.05) is 33.6 Å². The molecule has 0 bridgehead atoms. The van der Waals surface area contributed by atoms with Crippen molar-refractivity contribution >= 4 is 5.69 Å². The molecule has 0 heterocycles. The average Bonchev–Trinajstić information content (AvgIpc) is 2.40. The van der Waals surface area contributed by atoms with Gasteiger partial charge in [0.05, 0.1) is 7.11 Å². The molecule has 1 aromatic rings. The molecule has 1 aromatic carbocycles. The highest BCUT2D eigenvalue weighted by atomic mass is 16.5. The first-order valence-corrected chi connectivity index (χ1v) is 7.83. The Morgan fingerprint density at radius 1 is 1.15 bits per heavy atom. The van der Waals surface area contributed by atoms with Crippen LogP contribution < -0.4 is 10.1 Å². The number of rotatable bonds is 3. The van der Waals surface area contributed by atoms with Crippen LogP contribution in [0.5, 0.6) is 5.75 Å². The van der Waals surface area contributed by atoms with Gasteiger partial charge in [-0.25, -0.2) is 0 Å². The van der Waals surface area contributed by atoms with E-state index in [2.05, 4.69) is 45.1 Å². The number of benzene rings is 1. The van der Waals surface area contributed by atoms with Crippen molar-refractivity contribution in [2.45, 2.75) is 59.4 Å². The maximum atomic E-state index is 5.29. The van der Waals surface area contributed by atoms with Crippen molar-refractivity contribution in [1.29, 1.82) is 0 Å². The molecule has 1 N–H and O–H groups in total. The molecule has 2 nitrogen and oxygen atoms in total. The van der Waals surface area contributed by atoms with E-state index in [9.17, 15) is 0 Å². The molecular formula is C18H29NO. The third-order valence-electron chi connectivity index (χ3n) is 4.65. The summed E-state index contributed by atoms with van der Waals surface area (Å²) in [5.74, 6) is 1.68. The van der Waals surface area contributed by atoms with Crippen molar-refractivity contribution in [2.75, 3.05) is 12.4 Å². The first-order chi connectivity index (χ1) is 9.41. The summed E-state index contributed by atoms with van der Waals surface area (Å²) in [6.07, 6.45) is 5.35. The lowest BCUT2D eigenvalue weighted by Crippen LogP contribution is -2.39. The van der Waals surface area contributed by atoms with Gasteiger partial charge in [-0.15, -0.1) is 0 Å². The number of hydrogen-bond donors (Lipinski definition) is 1. The summed E-state index contributed by atoms with van der Waals surface area (Å²) < 4.78 is 5.29. The topological polar surface area (TPSA) is 21.3 Å². The molecule has 2 rings (SSSR count). The van der Waals surface area contributed by atoms with Crippen molar-refractivity contribution < 1.29 is 4.74 Å². The van der Waals surface area contributed by atoms with Gasteiger partial charge in [0.25, 0.3) is 0 Å². The third kappa shape index (κ3) is 3.47. The Kier molecular flexibility index (Phi) is 4.62. The fraction of sp³-hybridized carbons (Fsp3) is 0.667. The lowest BCUT2D eigenvalue weighted by atomic mass is 9.69. The Bertz CT molecular complexity index is 447. The summed E-state index contributed by atoms with van der Waals surface area (Å²) >= 11 is 0. The molecule has 20 heavy (non-hydrogen) atoms. The second kappa shape index (κ2) is 6.07. The van der Waals surface area contributed by atoms with E-state index in [0.29, 0.717) is 11.5 Å². The maximum Gasteiger partial charge on any atom is 0.119 e. The normalized spacial score (nSPS) is 23.4. The van der Waals surface area contributed by atoms with Crippen LogP contribution in [-0.2, 0) is 0 Å². The van der Waals surface area contributed by atoms with Gasteiger partial charge in [-0.05, 0) is 54.9 Å². The number of anilines is 1. The van der Waals surface area contributed by atoms with E-state index in [4.69, 9.17) is 4.74 Å². The van der Waals surface area contributed by atoms with Crippen LogP contribution in [0.1, 0.15) is 52.0 Å². The fourth-order valence-electron chi connectivity index (χ4n) is 3.47. The smallest absolute Gasteiger partial charge is 0.119 e. The molecule has 0 aliphatic heterocycles. The van der Waals surface area contributed by atoms with Crippen LogP contribution >= 0.6 is 0 Å². The highest BCUT2D eigenvalue weighted by molar-refractivity contribution is 5.54. The molecule has 1 fully saturated rings. The molecule has 0 aromatic heterocycles.